The third kappa shape index (κ3) is 4.35. The summed E-state index contributed by atoms with van der Waals surface area (Å²) in [7, 11) is 1.91. The number of carbonyl (C=O) groups is 1. The predicted molar refractivity (Wildman–Crippen MR) is 78.2 cm³/mol. The number of rotatable bonds is 5. The molecule has 2 rings (SSSR count). The van der Waals surface area contributed by atoms with E-state index in [1.165, 1.54) is 31.5 Å². The molecule has 1 saturated heterocycles. The van der Waals surface area contributed by atoms with Crippen molar-refractivity contribution in [1.82, 2.24) is 9.80 Å². The third-order valence-electron chi connectivity index (χ3n) is 3.85. The fraction of sp³-hybridized carbons (Fsp3) is 0.562. The van der Waals surface area contributed by atoms with Crippen LogP contribution in [0.15, 0.2) is 24.3 Å². The highest BCUT2D eigenvalue weighted by Crippen LogP contribution is 2.08. The van der Waals surface area contributed by atoms with Gasteiger partial charge in [-0.25, -0.2) is 0 Å². The monoisotopic (exact) mass is 260 g/mol. The lowest BCUT2D eigenvalue weighted by molar-refractivity contribution is -0.129. The highest BCUT2D eigenvalue weighted by molar-refractivity contribution is 5.78. The van der Waals surface area contributed by atoms with Gasteiger partial charge in [-0.1, -0.05) is 29.8 Å². The highest BCUT2D eigenvalue weighted by atomic mass is 16.2. The maximum Gasteiger partial charge on any atom is 0.226 e. The smallest absolute Gasteiger partial charge is 0.226 e. The Hall–Kier alpha value is -1.35. The first-order chi connectivity index (χ1) is 9.15. The van der Waals surface area contributed by atoms with E-state index in [4.69, 9.17) is 0 Å². The Kier molecular flexibility index (Phi) is 4.97. The van der Waals surface area contributed by atoms with E-state index in [1.54, 1.807) is 0 Å². The molecule has 0 atom stereocenters. The summed E-state index contributed by atoms with van der Waals surface area (Å²) < 4.78 is 0. The molecule has 1 fully saturated rings. The summed E-state index contributed by atoms with van der Waals surface area (Å²) in [6, 6.07) is 8.21. The number of likely N-dealkylation sites (tertiary alicyclic amines) is 1. The molecule has 0 bridgehead atoms. The molecule has 3 heteroatoms. The Morgan fingerprint density at radius 2 is 1.84 bits per heavy atom. The van der Waals surface area contributed by atoms with Gasteiger partial charge in [0, 0.05) is 20.1 Å². The molecular formula is C16H24N2O. The van der Waals surface area contributed by atoms with Gasteiger partial charge in [-0.15, -0.1) is 0 Å². The van der Waals surface area contributed by atoms with Crippen molar-refractivity contribution in [3.05, 3.63) is 35.4 Å². The van der Waals surface area contributed by atoms with Gasteiger partial charge in [0.05, 0.1) is 6.42 Å². The largest absolute Gasteiger partial charge is 0.344 e. The molecule has 0 aliphatic carbocycles. The lowest BCUT2D eigenvalue weighted by Gasteiger charge is -2.21. The van der Waals surface area contributed by atoms with Crippen molar-refractivity contribution in [3.8, 4) is 0 Å². The van der Waals surface area contributed by atoms with E-state index >= 15 is 0 Å². The SMILES string of the molecule is Cc1ccc(CC(=O)N(C)CCN2CCCC2)cc1. The molecule has 3 nitrogen and oxygen atoms in total. The normalized spacial score (nSPS) is 15.7. The molecule has 1 aliphatic rings. The van der Waals surface area contributed by atoms with Gasteiger partial charge in [-0.05, 0) is 38.4 Å². The molecule has 1 amide bonds. The molecule has 0 radical (unpaired) electrons. The van der Waals surface area contributed by atoms with Gasteiger partial charge in [-0.2, -0.15) is 0 Å². The number of aryl methyl sites for hydroxylation is 1. The van der Waals surface area contributed by atoms with E-state index in [1.807, 2.05) is 24.1 Å². The van der Waals surface area contributed by atoms with Crippen LogP contribution in [0.3, 0.4) is 0 Å². The van der Waals surface area contributed by atoms with E-state index in [0.717, 1.165) is 18.7 Å². The van der Waals surface area contributed by atoms with Crippen molar-refractivity contribution in [2.75, 3.05) is 33.2 Å². The number of nitrogens with zero attached hydrogens (tertiary/aromatic N) is 2. The minimum Gasteiger partial charge on any atom is -0.344 e. The molecule has 0 N–H and O–H groups in total. The highest BCUT2D eigenvalue weighted by Gasteiger charge is 2.14. The Morgan fingerprint density at radius 3 is 2.47 bits per heavy atom. The second-order valence-corrected chi connectivity index (χ2v) is 5.53. The molecular weight excluding hydrogens is 236 g/mol. The summed E-state index contributed by atoms with van der Waals surface area (Å²) in [6.45, 7) is 6.30. The first kappa shape index (κ1) is 14.1. The van der Waals surface area contributed by atoms with Crippen molar-refractivity contribution < 1.29 is 4.79 Å². The van der Waals surface area contributed by atoms with Crippen LogP contribution in [0.5, 0.6) is 0 Å². The Bertz CT molecular complexity index is 407. The molecule has 0 unspecified atom stereocenters. The van der Waals surface area contributed by atoms with Crippen molar-refractivity contribution in [1.29, 1.82) is 0 Å². The van der Waals surface area contributed by atoms with Crippen molar-refractivity contribution in [3.63, 3.8) is 0 Å². The second kappa shape index (κ2) is 6.71. The Labute approximate surface area is 116 Å². The Morgan fingerprint density at radius 1 is 1.21 bits per heavy atom. The average molecular weight is 260 g/mol. The van der Waals surface area contributed by atoms with Gasteiger partial charge in [-0.3, -0.25) is 4.79 Å². The molecule has 0 aromatic heterocycles. The summed E-state index contributed by atoms with van der Waals surface area (Å²) >= 11 is 0. The van der Waals surface area contributed by atoms with Gasteiger partial charge in [0.1, 0.15) is 0 Å². The van der Waals surface area contributed by atoms with E-state index in [-0.39, 0.29) is 5.91 Å². The van der Waals surface area contributed by atoms with E-state index in [2.05, 4.69) is 24.0 Å². The lowest BCUT2D eigenvalue weighted by atomic mass is 10.1. The standard InChI is InChI=1S/C16H24N2O/c1-14-5-7-15(8-6-14)13-16(19)17(2)11-12-18-9-3-4-10-18/h5-8H,3-4,9-13H2,1-2H3. The number of hydrogen-bond donors (Lipinski definition) is 0. The molecule has 19 heavy (non-hydrogen) atoms. The molecule has 1 aliphatic heterocycles. The van der Waals surface area contributed by atoms with Crippen LogP contribution < -0.4 is 0 Å². The van der Waals surface area contributed by atoms with E-state index < -0.39 is 0 Å². The van der Waals surface area contributed by atoms with Crippen molar-refractivity contribution in [2.45, 2.75) is 26.2 Å². The lowest BCUT2D eigenvalue weighted by Crippen LogP contribution is -2.35. The molecule has 0 saturated carbocycles. The van der Waals surface area contributed by atoms with Crippen molar-refractivity contribution in [2.24, 2.45) is 0 Å². The second-order valence-electron chi connectivity index (χ2n) is 5.53. The fourth-order valence-electron chi connectivity index (χ4n) is 2.44. The third-order valence-corrected chi connectivity index (χ3v) is 3.85. The molecule has 1 aromatic carbocycles. The van der Waals surface area contributed by atoms with Crippen LogP contribution in [0.2, 0.25) is 0 Å². The van der Waals surface area contributed by atoms with Crippen LogP contribution >= 0.6 is 0 Å². The zero-order chi connectivity index (χ0) is 13.7. The Balaban J connectivity index is 1.76. The summed E-state index contributed by atoms with van der Waals surface area (Å²) in [5.74, 6) is 0.211. The molecule has 0 spiro atoms. The predicted octanol–water partition coefficient (Wildman–Crippen LogP) is 2.09. The van der Waals surface area contributed by atoms with Gasteiger partial charge >= 0.3 is 0 Å². The zero-order valence-electron chi connectivity index (χ0n) is 12.1. The van der Waals surface area contributed by atoms with E-state index in [9.17, 15) is 4.79 Å². The number of amides is 1. The van der Waals surface area contributed by atoms with Crippen LogP contribution in [0.1, 0.15) is 24.0 Å². The maximum atomic E-state index is 12.1. The number of benzene rings is 1. The minimum atomic E-state index is 0.211. The summed E-state index contributed by atoms with van der Waals surface area (Å²) in [4.78, 5) is 16.4. The zero-order valence-corrected chi connectivity index (χ0v) is 12.1. The van der Waals surface area contributed by atoms with Gasteiger partial charge in [0.25, 0.3) is 0 Å². The van der Waals surface area contributed by atoms with Crippen LogP contribution in [-0.4, -0.2) is 48.9 Å². The molecule has 1 aromatic rings. The van der Waals surface area contributed by atoms with Gasteiger partial charge in [0.2, 0.25) is 5.91 Å². The summed E-state index contributed by atoms with van der Waals surface area (Å²) in [6.07, 6.45) is 3.12. The number of hydrogen-bond acceptors (Lipinski definition) is 2. The topological polar surface area (TPSA) is 23.6 Å². The van der Waals surface area contributed by atoms with Crippen LogP contribution in [0.25, 0.3) is 0 Å². The van der Waals surface area contributed by atoms with Crippen molar-refractivity contribution >= 4 is 5.91 Å². The minimum absolute atomic E-state index is 0.211. The number of carbonyl (C=O) groups excluding carboxylic acids is 1. The van der Waals surface area contributed by atoms with Crippen LogP contribution in [-0.2, 0) is 11.2 Å². The fourth-order valence-corrected chi connectivity index (χ4v) is 2.44. The van der Waals surface area contributed by atoms with Gasteiger partial charge in [0.15, 0.2) is 0 Å². The quantitative estimate of drug-likeness (QED) is 0.809. The molecule has 104 valence electrons. The van der Waals surface area contributed by atoms with E-state index in [0.29, 0.717) is 6.42 Å². The van der Waals surface area contributed by atoms with Crippen LogP contribution in [0.4, 0.5) is 0 Å². The number of likely N-dealkylation sites (N-methyl/N-ethyl adjacent to an activating group) is 1. The first-order valence-electron chi connectivity index (χ1n) is 7.17. The molecule has 1 heterocycles. The van der Waals surface area contributed by atoms with Crippen LogP contribution in [0, 0.1) is 6.92 Å². The maximum absolute atomic E-state index is 12.1. The average Bonchev–Trinajstić information content (AvgIpc) is 2.91. The summed E-state index contributed by atoms with van der Waals surface area (Å²) in [5, 5.41) is 0. The van der Waals surface area contributed by atoms with Gasteiger partial charge < -0.3 is 9.80 Å². The first-order valence-corrected chi connectivity index (χ1v) is 7.17. The summed E-state index contributed by atoms with van der Waals surface area (Å²) in [5.41, 5.74) is 2.34.